The molecular formula is C10H14N4O2. The van der Waals surface area contributed by atoms with Crippen LogP contribution in [0.15, 0.2) is 12.5 Å². The fraction of sp³-hybridized carbons (Fsp3) is 0.500. The lowest BCUT2D eigenvalue weighted by Gasteiger charge is -2.32. The quantitative estimate of drug-likeness (QED) is 0.688. The summed E-state index contributed by atoms with van der Waals surface area (Å²) < 4.78 is 1.71. The third kappa shape index (κ3) is 1.78. The predicted molar refractivity (Wildman–Crippen MR) is 56.7 cm³/mol. The Labute approximate surface area is 93.3 Å². The van der Waals surface area contributed by atoms with Crippen LogP contribution in [-0.4, -0.2) is 45.4 Å². The second kappa shape index (κ2) is 3.96. The Morgan fingerprint density at radius 3 is 3.00 bits per heavy atom. The first-order chi connectivity index (χ1) is 7.59. The van der Waals surface area contributed by atoms with E-state index in [0.29, 0.717) is 18.8 Å². The highest BCUT2D eigenvalue weighted by atomic mass is 16.2. The molecule has 1 atom stereocenters. The molecule has 2 amide bonds. The van der Waals surface area contributed by atoms with Gasteiger partial charge in [-0.25, -0.2) is 4.98 Å². The summed E-state index contributed by atoms with van der Waals surface area (Å²) in [5, 5.41) is 2.71. The summed E-state index contributed by atoms with van der Waals surface area (Å²) in [5.41, 5.74) is 0.379. The van der Waals surface area contributed by atoms with Crippen molar-refractivity contribution in [1.82, 2.24) is 19.8 Å². The van der Waals surface area contributed by atoms with E-state index in [2.05, 4.69) is 10.3 Å². The summed E-state index contributed by atoms with van der Waals surface area (Å²) in [6.45, 7) is 2.75. The lowest BCUT2D eigenvalue weighted by atomic mass is 10.2. The van der Waals surface area contributed by atoms with Gasteiger partial charge in [-0.3, -0.25) is 9.59 Å². The number of hydrogen-bond donors (Lipinski definition) is 1. The normalized spacial score (nSPS) is 20.8. The van der Waals surface area contributed by atoms with Gasteiger partial charge in [0, 0.05) is 26.3 Å². The summed E-state index contributed by atoms with van der Waals surface area (Å²) in [4.78, 5) is 29.0. The molecule has 1 aliphatic rings. The molecule has 1 fully saturated rings. The van der Waals surface area contributed by atoms with Crippen LogP contribution in [0.5, 0.6) is 0 Å². The number of amides is 2. The molecule has 2 heterocycles. The topological polar surface area (TPSA) is 67.2 Å². The number of aromatic nitrogens is 2. The zero-order chi connectivity index (χ0) is 11.7. The third-order valence-corrected chi connectivity index (χ3v) is 2.68. The maximum absolute atomic E-state index is 12.0. The van der Waals surface area contributed by atoms with Crippen LogP contribution in [0, 0.1) is 0 Å². The largest absolute Gasteiger partial charge is 0.353 e. The monoisotopic (exact) mass is 222 g/mol. The number of rotatable bonds is 1. The van der Waals surface area contributed by atoms with Crippen LogP contribution < -0.4 is 5.32 Å². The highest BCUT2D eigenvalue weighted by molar-refractivity contribution is 5.96. The number of aryl methyl sites for hydroxylation is 1. The van der Waals surface area contributed by atoms with Gasteiger partial charge in [-0.05, 0) is 6.92 Å². The molecule has 1 aromatic heterocycles. The summed E-state index contributed by atoms with van der Waals surface area (Å²) in [7, 11) is 1.80. The van der Waals surface area contributed by atoms with E-state index in [0.717, 1.165) is 0 Å². The molecule has 0 aliphatic carbocycles. The Morgan fingerprint density at radius 2 is 2.38 bits per heavy atom. The number of carbonyl (C=O) groups excluding carboxylic acids is 2. The molecule has 2 rings (SSSR count). The van der Waals surface area contributed by atoms with E-state index in [4.69, 9.17) is 0 Å². The third-order valence-electron chi connectivity index (χ3n) is 2.68. The molecular weight excluding hydrogens is 208 g/mol. The van der Waals surface area contributed by atoms with Gasteiger partial charge in [0.1, 0.15) is 11.7 Å². The molecule has 86 valence electrons. The molecule has 0 aromatic carbocycles. The first kappa shape index (κ1) is 10.7. The first-order valence-electron chi connectivity index (χ1n) is 5.16. The molecule has 6 nitrogen and oxygen atoms in total. The summed E-state index contributed by atoms with van der Waals surface area (Å²) in [6.07, 6.45) is 3.23. The Kier molecular flexibility index (Phi) is 2.64. The van der Waals surface area contributed by atoms with Gasteiger partial charge in [0.05, 0.1) is 6.33 Å². The van der Waals surface area contributed by atoms with Crippen molar-refractivity contribution < 1.29 is 9.59 Å². The molecule has 0 bridgehead atoms. The van der Waals surface area contributed by atoms with Gasteiger partial charge >= 0.3 is 0 Å². The van der Waals surface area contributed by atoms with Gasteiger partial charge in [-0.15, -0.1) is 0 Å². The predicted octanol–water partition coefficient (Wildman–Crippen LogP) is -0.619. The Balaban J connectivity index is 2.18. The Morgan fingerprint density at radius 1 is 1.62 bits per heavy atom. The van der Waals surface area contributed by atoms with Gasteiger partial charge in [-0.1, -0.05) is 0 Å². The van der Waals surface area contributed by atoms with Crippen molar-refractivity contribution in [1.29, 1.82) is 0 Å². The van der Waals surface area contributed by atoms with Crippen molar-refractivity contribution in [3.8, 4) is 0 Å². The second-order valence-corrected chi connectivity index (χ2v) is 3.89. The standard InChI is InChI=1S/C10H14N4O2/c1-7-9(15)11-3-4-14(7)10(16)8-5-13(2)6-12-8/h5-7H,3-4H2,1-2H3,(H,11,15). The van der Waals surface area contributed by atoms with E-state index in [-0.39, 0.29) is 11.8 Å². The van der Waals surface area contributed by atoms with E-state index in [9.17, 15) is 9.59 Å². The summed E-state index contributed by atoms with van der Waals surface area (Å²) in [6, 6.07) is -0.428. The molecule has 1 aromatic rings. The lowest BCUT2D eigenvalue weighted by Crippen LogP contribution is -2.55. The molecule has 6 heteroatoms. The van der Waals surface area contributed by atoms with Crippen LogP contribution in [0.4, 0.5) is 0 Å². The van der Waals surface area contributed by atoms with Gasteiger partial charge < -0.3 is 14.8 Å². The van der Waals surface area contributed by atoms with Crippen LogP contribution in [0.25, 0.3) is 0 Å². The van der Waals surface area contributed by atoms with Crippen LogP contribution in [0.3, 0.4) is 0 Å². The average molecular weight is 222 g/mol. The molecule has 1 unspecified atom stereocenters. The van der Waals surface area contributed by atoms with Crippen molar-refractivity contribution in [2.24, 2.45) is 7.05 Å². The summed E-state index contributed by atoms with van der Waals surface area (Å²) >= 11 is 0. The van der Waals surface area contributed by atoms with Crippen LogP contribution in [-0.2, 0) is 11.8 Å². The van der Waals surface area contributed by atoms with Gasteiger partial charge in [0.25, 0.3) is 5.91 Å². The summed E-state index contributed by atoms with van der Waals surface area (Å²) in [5.74, 6) is -0.307. The minimum atomic E-state index is -0.428. The maximum atomic E-state index is 12.0. The fourth-order valence-corrected chi connectivity index (χ4v) is 1.73. The van der Waals surface area contributed by atoms with Gasteiger partial charge in [-0.2, -0.15) is 0 Å². The molecule has 0 radical (unpaired) electrons. The van der Waals surface area contributed by atoms with Crippen molar-refractivity contribution >= 4 is 11.8 Å². The molecule has 1 aliphatic heterocycles. The van der Waals surface area contributed by atoms with Crippen molar-refractivity contribution in [3.63, 3.8) is 0 Å². The maximum Gasteiger partial charge on any atom is 0.274 e. The van der Waals surface area contributed by atoms with Crippen LogP contribution >= 0.6 is 0 Å². The number of piperazine rings is 1. The minimum Gasteiger partial charge on any atom is -0.353 e. The highest BCUT2D eigenvalue weighted by Gasteiger charge is 2.30. The number of nitrogens with one attached hydrogen (secondary N) is 1. The minimum absolute atomic E-state index is 0.115. The van der Waals surface area contributed by atoms with Crippen molar-refractivity contribution in [2.75, 3.05) is 13.1 Å². The number of hydrogen-bond acceptors (Lipinski definition) is 3. The van der Waals surface area contributed by atoms with Crippen molar-refractivity contribution in [3.05, 3.63) is 18.2 Å². The second-order valence-electron chi connectivity index (χ2n) is 3.89. The zero-order valence-electron chi connectivity index (χ0n) is 9.30. The highest BCUT2D eigenvalue weighted by Crippen LogP contribution is 2.09. The van der Waals surface area contributed by atoms with E-state index in [1.54, 1.807) is 36.0 Å². The molecule has 0 spiro atoms. The SMILES string of the molecule is CC1C(=O)NCCN1C(=O)c1cn(C)cn1. The van der Waals surface area contributed by atoms with Crippen molar-refractivity contribution in [2.45, 2.75) is 13.0 Å². The molecule has 0 saturated carbocycles. The van der Waals surface area contributed by atoms with Gasteiger partial charge in [0.2, 0.25) is 5.91 Å². The van der Waals surface area contributed by atoms with E-state index in [1.165, 1.54) is 0 Å². The van der Waals surface area contributed by atoms with Crippen LogP contribution in [0.2, 0.25) is 0 Å². The zero-order valence-corrected chi connectivity index (χ0v) is 9.30. The molecule has 1 N–H and O–H groups in total. The first-order valence-corrected chi connectivity index (χ1v) is 5.16. The lowest BCUT2D eigenvalue weighted by molar-refractivity contribution is -0.127. The number of nitrogens with zero attached hydrogens (tertiary/aromatic N) is 3. The fourth-order valence-electron chi connectivity index (χ4n) is 1.73. The number of carbonyl (C=O) groups is 2. The van der Waals surface area contributed by atoms with Crippen LogP contribution in [0.1, 0.15) is 17.4 Å². The smallest absolute Gasteiger partial charge is 0.274 e. The van der Waals surface area contributed by atoms with Gasteiger partial charge in [0.15, 0.2) is 0 Å². The van der Waals surface area contributed by atoms with E-state index in [1.807, 2.05) is 0 Å². The Bertz CT molecular complexity index is 426. The Hall–Kier alpha value is -1.85. The van der Waals surface area contributed by atoms with E-state index < -0.39 is 6.04 Å². The van der Waals surface area contributed by atoms with E-state index >= 15 is 0 Å². The molecule has 16 heavy (non-hydrogen) atoms. The molecule has 1 saturated heterocycles. The number of imidazole rings is 1. The average Bonchev–Trinajstić information content (AvgIpc) is 2.68.